The van der Waals surface area contributed by atoms with Crippen molar-refractivity contribution in [2.75, 3.05) is 13.2 Å². The molecule has 1 aliphatic heterocycles. The number of hydrogen-bond acceptors (Lipinski definition) is 2. The summed E-state index contributed by atoms with van der Waals surface area (Å²) in [5.41, 5.74) is 1.97. The first-order valence-electron chi connectivity index (χ1n) is 5.76. The van der Waals surface area contributed by atoms with Crippen LogP contribution in [0.15, 0.2) is 24.3 Å². The zero-order valence-corrected chi connectivity index (χ0v) is 9.65. The van der Waals surface area contributed by atoms with E-state index in [1.54, 1.807) is 0 Å². The highest BCUT2D eigenvalue weighted by Gasteiger charge is 2.19. The Morgan fingerprint density at radius 3 is 3.00 bits per heavy atom. The van der Waals surface area contributed by atoms with Gasteiger partial charge in [0.05, 0.1) is 0 Å². The molecule has 0 aromatic heterocycles. The van der Waals surface area contributed by atoms with Gasteiger partial charge in [0.15, 0.2) is 0 Å². The Kier molecular flexibility index (Phi) is 3.79. The van der Waals surface area contributed by atoms with Gasteiger partial charge in [-0.3, -0.25) is 4.79 Å². The van der Waals surface area contributed by atoms with Gasteiger partial charge in [-0.2, -0.15) is 0 Å². The first-order valence-corrected chi connectivity index (χ1v) is 5.76. The second-order valence-electron chi connectivity index (χ2n) is 4.08. The van der Waals surface area contributed by atoms with Crippen LogP contribution < -0.4 is 0 Å². The Bertz CT molecular complexity index is 471. The van der Waals surface area contributed by atoms with Gasteiger partial charge in [0.25, 0.3) is 0 Å². The summed E-state index contributed by atoms with van der Waals surface area (Å²) < 4.78 is 0. The van der Waals surface area contributed by atoms with Crippen LogP contribution in [0, 0.1) is 11.8 Å². The molecule has 3 heteroatoms. The quantitative estimate of drug-likeness (QED) is 0.773. The van der Waals surface area contributed by atoms with E-state index in [0.717, 1.165) is 24.1 Å². The first-order chi connectivity index (χ1) is 8.29. The molecule has 1 amide bonds. The van der Waals surface area contributed by atoms with Crippen LogP contribution in [0.25, 0.3) is 0 Å². The van der Waals surface area contributed by atoms with Crippen molar-refractivity contribution in [2.45, 2.75) is 19.4 Å². The molecule has 2 rings (SSSR count). The molecule has 1 aliphatic rings. The molecular formula is C14H15NO2. The minimum Gasteiger partial charge on any atom is -0.384 e. The van der Waals surface area contributed by atoms with Crippen molar-refractivity contribution in [1.29, 1.82) is 0 Å². The minimum atomic E-state index is -0.130. The highest BCUT2D eigenvalue weighted by atomic mass is 16.2. The number of carbonyl (C=O) groups excluding carboxylic acids is 1. The first kappa shape index (κ1) is 11.7. The van der Waals surface area contributed by atoms with Gasteiger partial charge < -0.3 is 10.0 Å². The Morgan fingerprint density at radius 1 is 1.41 bits per heavy atom. The molecule has 0 unspecified atom stereocenters. The number of rotatable bonds is 2. The van der Waals surface area contributed by atoms with E-state index in [-0.39, 0.29) is 12.5 Å². The summed E-state index contributed by atoms with van der Waals surface area (Å²) in [7, 11) is 0. The fraction of sp³-hybridized carbons (Fsp3) is 0.357. The van der Waals surface area contributed by atoms with Crippen molar-refractivity contribution in [1.82, 2.24) is 4.90 Å². The maximum atomic E-state index is 11.5. The number of carbonyl (C=O) groups is 1. The van der Waals surface area contributed by atoms with Crippen LogP contribution in [0.2, 0.25) is 0 Å². The van der Waals surface area contributed by atoms with E-state index in [0.29, 0.717) is 13.0 Å². The van der Waals surface area contributed by atoms with Gasteiger partial charge >= 0.3 is 0 Å². The monoisotopic (exact) mass is 229 g/mol. The van der Waals surface area contributed by atoms with Crippen LogP contribution in [-0.4, -0.2) is 29.1 Å². The molecule has 3 nitrogen and oxygen atoms in total. The predicted octanol–water partition coefficient (Wildman–Crippen LogP) is 1.15. The molecule has 0 spiro atoms. The zero-order valence-electron chi connectivity index (χ0n) is 9.65. The van der Waals surface area contributed by atoms with Crippen molar-refractivity contribution in [3.63, 3.8) is 0 Å². The van der Waals surface area contributed by atoms with Gasteiger partial charge in [-0.1, -0.05) is 24.0 Å². The lowest BCUT2D eigenvalue weighted by Crippen LogP contribution is -2.23. The smallest absolute Gasteiger partial charge is 0.222 e. The molecule has 1 saturated heterocycles. The molecule has 1 aromatic carbocycles. The number of aliphatic hydroxyl groups excluding tert-OH is 1. The number of amides is 1. The van der Waals surface area contributed by atoms with Gasteiger partial charge in [-0.25, -0.2) is 0 Å². The molecule has 1 aromatic rings. The Morgan fingerprint density at radius 2 is 2.29 bits per heavy atom. The van der Waals surface area contributed by atoms with Crippen LogP contribution in [0.5, 0.6) is 0 Å². The average molecular weight is 229 g/mol. The summed E-state index contributed by atoms with van der Waals surface area (Å²) in [5, 5.41) is 8.63. The lowest BCUT2D eigenvalue weighted by Gasteiger charge is -2.15. The molecule has 1 heterocycles. The SMILES string of the molecule is O=C1CCCN1Cc1cccc(C#CCO)c1. The normalized spacial score (nSPS) is 14.6. The Hall–Kier alpha value is -1.79. The van der Waals surface area contributed by atoms with Crippen molar-refractivity contribution in [3.8, 4) is 11.8 Å². The van der Waals surface area contributed by atoms with Crippen LogP contribution >= 0.6 is 0 Å². The predicted molar refractivity (Wildman–Crippen MR) is 65.1 cm³/mol. The third-order valence-corrected chi connectivity index (χ3v) is 2.78. The lowest BCUT2D eigenvalue weighted by molar-refractivity contribution is -0.128. The largest absolute Gasteiger partial charge is 0.384 e. The van der Waals surface area contributed by atoms with E-state index >= 15 is 0 Å². The fourth-order valence-electron chi connectivity index (χ4n) is 1.98. The fourth-order valence-corrected chi connectivity index (χ4v) is 1.98. The van der Waals surface area contributed by atoms with E-state index in [9.17, 15) is 4.79 Å². The maximum Gasteiger partial charge on any atom is 0.222 e. The number of nitrogens with zero attached hydrogens (tertiary/aromatic N) is 1. The van der Waals surface area contributed by atoms with Crippen molar-refractivity contribution in [3.05, 3.63) is 35.4 Å². The molecule has 88 valence electrons. The van der Waals surface area contributed by atoms with Gasteiger partial charge in [-0.05, 0) is 24.1 Å². The highest BCUT2D eigenvalue weighted by molar-refractivity contribution is 5.78. The zero-order chi connectivity index (χ0) is 12.1. The number of likely N-dealkylation sites (tertiary alicyclic amines) is 1. The molecule has 17 heavy (non-hydrogen) atoms. The third kappa shape index (κ3) is 3.08. The standard InChI is InChI=1S/C14H15NO2/c16-9-3-6-12-4-1-5-13(10-12)11-15-8-2-7-14(15)17/h1,4-5,10,16H,2,7-9,11H2. The van der Waals surface area contributed by atoms with Gasteiger partial charge in [0.2, 0.25) is 5.91 Å². The van der Waals surface area contributed by atoms with Crippen LogP contribution in [-0.2, 0) is 11.3 Å². The lowest BCUT2D eigenvalue weighted by atomic mass is 10.1. The van der Waals surface area contributed by atoms with E-state index in [4.69, 9.17) is 5.11 Å². The molecule has 0 radical (unpaired) electrons. The van der Waals surface area contributed by atoms with Gasteiger partial charge in [-0.15, -0.1) is 0 Å². The van der Waals surface area contributed by atoms with Crippen LogP contribution in [0.3, 0.4) is 0 Å². The average Bonchev–Trinajstić information content (AvgIpc) is 2.73. The minimum absolute atomic E-state index is 0.130. The maximum absolute atomic E-state index is 11.5. The topological polar surface area (TPSA) is 40.5 Å². The van der Waals surface area contributed by atoms with Crippen molar-refractivity contribution >= 4 is 5.91 Å². The van der Waals surface area contributed by atoms with Gasteiger partial charge in [0, 0.05) is 25.1 Å². The third-order valence-electron chi connectivity index (χ3n) is 2.78. The van der Waals surface area contributed by atoms with E-state index in [1.165, 1.54) is 0 Å². The second kappa shape index (κ2) is 5.51. The van der Waals surface area contributed by atoms with E-state index in [1.807, 2.05) is 29.2 Å². The summed E-state index contributed by atoms with van der Waals surface area (Å²) in [6, 6.07) is 7.79. The summed E-state index contributed by atoms with van der Waals surface area (Å²) in [6.45, 7) is 1.38. The Labute approximate surface area is 101 Å². The van der Waals surface area contributed by atoms with Gasteiger partial charge in [0.1, 0.15) is 6.61 Å². The summed E-state index contributed by atoms with van der Waals surface area (Å²) in [6.07, 6.45) is 1.63. The van der Waals surface area contributed by atoms with Crippen LogP contribution in [0.1, 0.15) is 24.0 Å². The molecule has 0 aliphatic carbocycles. The molecular weight excluding hydrogens is 214 g/mol. The second-order valence-corrected chi connectivity index (χ2v) is 4.08. The molecule has 1 fully saturated rings. The van der Waals surface area contributed by atoms with Crippen molar-refractivity contribution in [2.24, 2.45) is 0 Å². The molecule has 0 atom stereocenters. The molecule has 0 saturated carbocycles. The molecule has 1 N–H and O–H groups in total. The molecule has 0 bridgehead atoms. The van der Waals surface area contributed by atoms with E-state index in [2.05, 4.69) is 11.8 Å². The number of benzene rings is 1. The van der Waals surface area contributed by atoms with Crippen LogP contribution in [0.4, 0.5) is 0 Å². The van der Waals surface area contributed by atoms with Crippen molar-refractivity contribution < 1.29 is 9.90 Å². The summed E-state index contributed by atoms with van der Waals surface area (Å²) >= 11 is 0. The summed E-state index contributed by atoms with van der Waals surface area (Å²) in [4.78, 5) is 13.4. The summed E-state index contributed by atoms with van der Waals surface area (Å²) in [5.74, 6) is 5.72. The Balaban J connectivity index is 2.08. The number of hydrogen-bond donors (Lipinski definition) is 1. The van der Waals surface area contributed by atoms with E-state index < -0.39 is 0 Å². The number of aliphatic hydroxyl groups is 1. The highest BCUT2D eigenvalue weighted by Crippen LogP contribution is 2.14.